The summed E-state index contributed by atoms with van der Waals surface area (Å²) < 4.78 is 50.4. The summed E-state index contributed by atoms with van der Waals surface area (Å²) in [7, 11) is 2.09. The summed E-state index contributed by atoms with van der Waals surface area (Å²) in [6, 6.07) is 2.49. The molecule has 0 radical (unpaired) electrons. The number of anilines is 2. The highest BCUT2D eigenvalue weighted by atomic mass is 32.1. The van der Waals surface area contributed by atoms with Gasteiger partial charge in [0.25, 0.3) is 0 Å². The summed E-state index contributed by atoms with van der Waals surface area (Å²) in [6.07, 6.45) is 3.50. The van der Waals surface area contributed by atoms with E-state index in [1.54, 1.807) is 6.20 Å². The molecule has 0 unspecified atom stereocenters. The lowest BCUT2D eigenvalue weighted by Gasteiger charge is -2.40. The van der Waals surface area contributed by atoms with E-state index in [0.717, 1.165) is 67.5 Å². The van der Waals surface area contributed by atoms with Gasteiger partial charge in [0.15, 0.2) is 28.5 Å². The fourth-order valence-corrected chi connectivity index (χ4v) is 10.1. The fraction of sp³-hybridized carbons (Fsp3) is 0.606. The molecule has 1 spiro atoms. The number of likely N-dealkylation sites (tertiary alicyclic amines) is 1. The Hall–Kier alpha value is -3.74. The van der Waals surface area contributed by atoms with Crippen molar-refractivity contribution in [3.05, 3.63) is 33.5 Å². The third kappa shape index (κ3) is 4.59. The van der Waals surface area contributed by atoms with E-state index in [4.69, 9.17) is 25.3 Å². The number of nitriles is 1. The summed E-state index contributed by atoms with van der Waals surface area (Å²) in [5, 5.41) is 31.2. The van der Waals surface area contributed by atoms with Crippen LogP contribution in [-0.4, -0.2) is 79.4 Å². The Morgan fingerprint density at radius 2 is 1.94 bits per heavy atom. The molecule has 6 heterocycles. The predicted molar refractivity (Wildman–Crippen MR) is 174 cm³/mol. The molecule has 2 aliphatic carbocycles. The van der Waals surface area contributed by atoms with Crippen molar-refractivity contribution in [2.24, 2.45) is 0 Å². The number of aryl methyl sites for hydroxylation is 1. The normalized spacial score (nSPS) is 26.9. The van der Waals surface area contributed by atoms with Gasteiger partial charge in [-0.15, -0.1) is 11.3 Å². The van der Waals surface area contributed by atoms with E-state index in [1.165, 1.54) is 16.2 Å². The number of aliphatic hydroxyl groups is 1. The molecule has 0 bridgehead atoms. The van der Waals surface area contributed by atoms with E-state index >= 15 is 0 Å². The zero-order valence-corrected chi connectivity index (χ0v) is 27.8. The predicted octanol–water partition coefficient (Wildman–Crippen LogP) is 5.50. The second-order valence-electron chi connectivity index (χ2n) is 14.1. The Labute approximate surface area is 279 Å². The van der Waals surface area contributed by atoms with Crippen LogP contribution in [0.2, 0.25) is 0 Å². The minimum atomic E-state index is -4.79. The summed E-state index contributed by atoms with van der Waals surface area (Å²) in [5.41, 5.74) is 6.19. The van der Waals surface area contributed by atoms with Crippen LogP contribution in [0.3, 0.4) is 0 Å². The Kier molecular flexibility index (Phi) is 7.32. The molecule has 0 saturated carbocycles. The molecule has 0 aromatic carbocycles. The summed E-state index contributed by atoms with van der Waals surface area (Å²) in [6.45, 7) is 2.70. The third-order valence-corrected chi connectivity index (χ3v) is 12.4. The van der Waals surface area contributed by atoms with Gasteiger partial charge >= 0.3 is 6.18 Å². The average molecular weight is 682 g/mol. The van der Waals surface area contributed by atoms with Crippen LogP contribution in [0, 0.1) is 11.3 Å². The lowest BCUT2D eigenvalue weighted by atomic mass is 9.63. The molecule has 254 valence electrons. The number of nitrogens with two attached hydrogens (primary N) is 1. The van der Waals surface area contributed by atoms with Crippen LogP contribution in [0.25, 0.3) is 22.6 Å². The first-order valence-electron chi connectivity index (χ1n) is 16.8. The maximum atomic E-state index is 14.1. The number of rotatable bonds is 4. The molecule has 2 aliphatic heterocycles. The number of hydrogen-bond donors (Lipinski definition) is 2. The Morgan fingerprint density at radius 3 is 2.67 bits per heavy atom. The van der Waals surface area contributed by atoms with Crippen LogP contribution >= 0.6 is 11.3 Å². The maximum absolute atomic E-state index is 14.1. The van der Waals surface area contributed by atoms with E-state index in [2.05, 4.69) is 30.1 Å². The van der Waals surface area contributed by atoms with Gasteiger partial charge in [0.1, 0.15) is 16.9 Å². The van der Waals surface area contributed by atoms with Crippen molar-refractivity contribution in [2.75, 3.05) is 37.3 Å². The van der Waals surface area contributed by atoms with Gasteiger partial charge in [-0.2, -0.15) is 23.5 Å². The summed E-state index contributed by atoms with van der Waals surface area (Å²) in [5.74, 6) is 1.23. The molecular formula is C33H38F3N9O2S. The standard InChI is InChI=1S/C33H38F3N9O2S/c1-18(22-8-5-13-43(22)2)45-30-21(16-39-45)29(44-14-6-12-32(46,17-44)33(34,35)36)40-28(41-30)25-19-7-3-10-31(26(19)47-42-25)11-4-9-23-24(31)20(15-37)27(38)48-23/h16,18,22,46H,3-14,17,38H2,1-2H3/t18-,22-,31-,32+/m0/s1. The van der Waals surface area contributed by atoms with Crippen LogP contribution in [-0.2, 0) is 18.3 Å². The lowest BCUT2D eigenvalue weighted by molar-refractivity contribution is -0.261. The molecule has 4 atom stereocenters. The first-order chi connectivity index (χ1) is 23.0. The molecule has 0 amide bonds. The summed E-state index contributed by atoms with van der Waals surface area (Å²) in [4.78, 5) is 14.9. The summed E-state index contributed by atoms with van der Waals surface area (Å²) >= 11 is 1.47. The van der Waals surface area contributed by atoms with Gasteiger partial charge in [-0.05, 0) is 90.3 Å². The molecule has 15 heteroatoms. The number of aromatic nitrogens is 5. The van der Waals surface area contributed by atoms with Gasteiger partial charge in [0, 0.05) is 23.0 Å². The fourth-order valence-electron chi connectivity index (χ4n) is 8.93. The quantitative estimate of drug-likeness (QED) is 0.283. The molecule has 48 heavy (non-hydrogen) atoms. The van der Waals surface area contributed by atoms with Crippen LogP contribution in [0.15, 0.2) is 10.7 Å². The number of nitrogens with zero attached hydrogens (tertiary/aromatic N) is 8. The lowest BCUT2D eigenvalue weighted by Crippen LogP contribution is -2.57. The number of hydrogen-bond acceptors (Lipinski definition) is 11. The smallest absolute Gasteiger partial charge is 0.389 e. The Bertz CT molecular complexity index is 1940. The molecule has 4 aliphatic rings. The molecule has 4 aromatic heterocycles. The van der Waals surface area contributed by atoms with Crippen molar-refractivity contribution >= 4 is 33.2 Å². The Morgan fingerprint density at radius 1 is 1.15 bits per heavy atom. The van der Waals surface area contributed by atoms with Gasteiger partial charge in [0.05, 0.1) is 35.1 Å². The van der Waals surface area contributed by atoms with Crippen molar-refractivity contribution in [2.45, 2.75) is 100 Å². The van der Waals surface area contributed by atoms with Gasteiger partial charge < -0.3 is 25.2 Å². The number of fused-ring (bicyclic) bond motifs is 5. The van der Waals surface area contributed by atoms with Crippen molar-refractivity contribution in [3.63, 3.8) is 0 Å². The number of piperidine rings is 1. The highest BCUT2D eigenvalue weighted by Gasteiger charge is 2.56. The van der Waals surface area contributed by atoms with Crippen LogP contribution in [0.1, 0.15) is 91.7 Å². The van der Waals surface area contributed by atoms with Crippen LogP contribution < -0.4 is 10.6 Å². The molecular weight excluding hydrogens is 643 g/mol. The van der Waals surface area contributed by atoms with E-state index in [0.29, 0.717) is 39.5 Å². The number of thiophene rings is 1. The van der Waals surface area contributed by atoms with Crippen molar-refractivity contribution in [3.8, 4) is 17.6 Å². The van der Waals surface area contributed by atoms with Crippen molar-refractivity contribution < 1.29 is 22.8 Å². The maximum Gasteiger partial charge on any atom is 0.418 e. The number of halogens is 3. The molecule has 2 fully saturated rings. The van der Waals surface area contributed by atoms with Crippen molar-refractivity contribution in [1.29, 1.82) is 5.26 Å². The molecule has 11 nitrogen and oxygen atoms in total. The number of likely N-dealkylation sites (N-methyl/N-ethyl adjacent to an activating group) is 1. The first kappa shape index (κ1) is 31.5. The van der Waals surface area contributed by atoms with Crippen molar-refractivity contribution in [1.82, 2.24) is 29.8 Å². The van der Waals surface area contributed by atoms with E-state index in [1.807, 2.05) is 4.68 Å². The molecule has 2 saturated heterocycles. The largest absolute Gasteiger partial charge is 0.418 e. The van der Waals surface area contributed by atoms with E-state index in [9.17, 15) is 23.5 Å². The van der Waals surface area contributed by atoms with Crippen LogP contribution in [0.5, 0.6) is 0 Å². The third-order valence-electron chi connectivity index (χ3n) is 11.3. The molecule has 4 aromatic rings. The van der Waals surface area contributed by atoms with Gasteiger partial charge in [0.2, 0.25) is 0 Å². The second kappa shape index (κ2) is 11.1. The second-order valence-corrected chi connectivity index (χ2v) is 15.2. The van der Waals surface area contributed by atoms with E-state index in [-0.39, 0.29) is 43.1 Å². The highest BCUT2D eigenvalue weighted by Crippen LogP contribution is 2.55. The average Bonchev–Trinajstić information content (AvgIpc) is 3.85. The monoisotopic (exact) mass is 681 g/mol. The number of β-amino-alcohol motifs (C(OH)–C–C–N with tert-alkyl or cyclic N) is 1. The number of alkyl halides is 3. The van der Waals surface area contributed by atoms with Gasteiger partial charge in [-0.3, -0.25) is 0 Å². The van der Waals surface area contributed by atoms with Gasteiger partial charge in [-0.1, -0.05) is 5.16 Å². The zero-order chi connectivity index (χ0) is 33.6. The Balaban J connectivity index is 1.29. The molecule has 8 rings (SSSR count). The minimum Gasteiger partial charge on any atom is -0.389 e. The SMILES string of the molecule is C[C@@H]([C@@H]1CCCN1C)n1ncc2c(N3CCC[C@](O)(C(F)(F)F)C3)nc(-c3noc4c3CCC[C@@]43CCCc4sc(N)c(C#N)c43)nc21. The molecule has 3 N–H and O–H groups in total. The zero-order valence-electron chi connectivity index (χ0n) is 27.0. The highest BCUT2D eigenvalue weighted by molar-refractivity contribution is 7.16. The van der Waals surface area contributed by atoms with Gasteiger partial charge in [-0.25, -0.2) is 14.6 Å². The van der Waals surface area contributed by atoms with Crippen LogP contribution in [0.4, 0.5) is 24.0 Å². The topological polar surface area (TPSA) is 146 Å². The first-order valence-corrected chi connectivity index (χ1v) is 17.6. The number of nitrogen functional groups attached to an aromatic ring is 1. The minimum absolute atomic E-state index is 0.0670. The van der Waals surface area contributed by atoms with E-state index < -0.39 is 23.7 Å².